The molecule has 10 aromatic carbocycles. The van der Waals surface area contributed by atoms with Crippen LogP contribution >= 0.6 is 0 Å². The lowest BCUT2D eigenvalue weighted by Gasteiger charge is -2.26. The van der Waals surface area contributed by atoms with Crippen molar-refractivity contribution in [1.82, 2.24) is 0 Å². The van der Waals surface area contributed by atoms with Gasteiger partial charge in [0.05, 0.1) is 0 Å². The Hall–Kier alpha value is -7.68. The molecule has 0 N–H and O–H groups in total. The molecule has 0 aromatic heterocycles. The summed E-state index contributed by atoms with van der Waals surface area (Å²) in [5, 5.41) is 5.00. The topological polar surface area (TPSA) is 6.48 Å². The molecule has 2 nitrogen and oxygen atoms in total. The maximum atomic E-state index is 2.36. The van der Waals surface area contributed by atoms with E-state index in [0.717, 1.165) is 34.1 Å². The second-order valence-corrected chi connectivity index (χ2v) is 14.6. The number of fused-ring (bicyclic) bond motifs is 3. The van der Waals surface area contributed by atoms with E-state index in [9.17, 15) is 0 Å². The van der Waals surface area contributed by atoms with E-state index < -0.39 is 0 Å². The van der Waals surface area contributed by atoms with Gasteiger partial charge >= 0.3 is 0 Å². The predicted octanol–water partition coefficient (Wildman–Crippen LogP) is 15.9. The van der Waals surface area contributed by atoms with Crippen molar-refractivity contribution in [3.05, 3.63) is 243 Å². The Balaban J connectivity index is 0.958. The number of benzene rings is 10. The minimum absolute atomic E-state index is 1.10. The van der Waals surface area contributed by atoms with Crippen LogP contribution in [0.4, 0.5) is 34.1 Å². The molecule has 0 atom stereocenters. The van der Waals surface area contributed by atoms with Crippen LogP contribution in [-0.4, -0.2) is 0 Å². The van der Waals surface area contributed by atoms with Crippen molar-refractivity contribution in [2.45, 2.75) is 0 Å². The number of hydrogen-bond acceptors (Lipinski definition) is 2. The molecule has 10 aromatic rings. The molecule has 274 valence electrons. The van der Waals surface area contributed by atoms with E-state index >= 15 is 0 Å². The first-order valence-electron chi connectivity index (χ1n) is 19.8. The molecule has 0 aliphatic rings. The summed E-state index contributed by atoms with van der Waals surface area (Å²) in [4.78, 5) is 4.65. The van der Waals surface area contributed by atoms with Crippen LogP contribution in [0.1, 0.15) is 0 Å². The van der Waals surface area contributed by atoms with Crippen LogP contribution < -0.4 is 9.80 Å². The van der Waals surface area contributed by atoms with Crippen LogP contribution in [0.15, 0.2) is 243 Å². The molecule has 0 aliphatic carbocycles. The highest BCUT2D eigenvalue weighted by atomic mass is 15.1. The smallest absolute Gasteiger partial charge is 0.0468 e. The summed E-state index contributed by atoms with van der Waals surface area (Å²) in [5.41, 5.74) is 13.9. The van der Waals surface area contributed by atoms with Crippen molar-refractivity contribution in [3.8, 4) is 33.4 Å². The molecule has 58 heavy (non-hydrogen) atoms. The van der Waals surface area contributed by atoms with Gasteiger partial charge in [-0.2, -0.15) is 0 Å². The van der Waals surface area contributed by atoms with Gasteiger partial charge in [-0.15, -0.1) is 0 Å². The number of anilines is 6. The van der Waals surface area contributed by atoms with Gasteiger partial charge in [-0.05, 0) is 134 Å². The van der Waals surface area contributed by atoms with Gasteiger partial charge in [-0.25, -0.2) is 0 Å². The molecule has 0 unspecified atom stereocenters. The van der Waals surface area contributed by atoms with Crippen molar-refractivity contribution in [2.24, 2.45) is 0 Å². The largest absolute Gasteiger partial charge is 0.311 e. The van der Waals surface area contributed by atoms with Crippen LogP contribution in [0, 0.1) is 0 Å². The minimum Gasteiger partial charge on any atom is -0.311 e. The Bertz CT molecular complexity index is 2900. The zero-order valence-electron chi connectivity index (χ0n) is 32.0. The molecule has 0 fully saturated rings. The van der Waals surface area contributed by atoms with Gasteiger partial charge in [0.25, 0.3) is 0 Å². The summed E-state index contributed by atoms with van der Waals surface area (Å²) >= 11 is 0. The Morgan fingerprint density at radius 3 is 1.05 bits per heavy atom. The number of rotatable bonds is 9. The molecular weight excluding hydrogens is 701 g/mol. The van der Waals surface area contributed by atoms with Gasteiger partial charge in [0.1, 0.15) is 0 Å². The monoisotopic (exact) mass is 740 g/mol. The standard InChI is InChI=1S/C56H40N2/c1-5-15-45(16-6-1)55-39-46-17-13-14-24-53(46)54-38-37-52(40-56(54)55)58(49-22-11-4-12-23-49)51-35-31-44(32-36-51)42-27-25-41(26-28-42)43-29-33-50(34-30-43)57(47-18-7-2-8-19-47)48-20-9-3-10-21-48/h1-40H. The first-order chi connectivity index (χ1) is 28.8. The zero-order chi connectivity index (χ0) is 38.7. The van der Waals surface area contributed by atoms with E-state index in [1.165, 1.54) is 54.9 Å². The lowest BCUT2D eigenvalue weighted by molar-refractivity contribution is 1.28. The average molecular weight is 741 g/mol. The number of hydrogen-bond donors (Lipinski definition) is 0. The Morgan fingerprint density at radius 1 is 0.207 bits per heavy atom. The molecule has 0 radical (unpaired) electrons. The molecule has 0 saturated heterocycles. The van der Waals surface area contributed by atoms with Crippen molar-refractivity contribution in [3.63, 3.8) is 0 Å². The molecule has 0 bridgehead atoms. The Morgan fingerprint density at radius 2 is 0.569 bits per heavy atom. The van der Waals surface area contributed by atoms with E-state index in [-0.39, 0.29) is 0 Å². The van der Waals surface area contributed by atoms with Crippen LogP contribution in [0.3, 0.4) is 0 Å². The van der Waals surface area contributed by atoms with E-state index in [0.29, 0.717) is 0 Å². The van der Waals surface area contributed by atoms with E-state index in [1.807, 2.05) is 0 Å². The normalized spacial score (nSPS) is 11.1. The minimum atomic E-state index is 1.10. The van der Waals surface area contributed by atoms with Crippen molar-refractivity contribution >= 4 is 55.7 Å². The highest BCUT2D eigenvalue weighted by Crippen LogP contribution is 2.42. The van der Waals surface area contributed by atoms with E-state index in [4.69, 9.17) is 0 Å². The van der Waals surface area contributed by atoms with Gasteiger partial charge < -0.3 is 9.80 Å². The van der Waals surface area contributed by atoms with Crippen LogP contribution in [0.5, 0.6) is 0 Å². The Kier molecular flexibility index (Phi) is 9.27. The summed E-state index contributed by atoms with van der Waals surface area (Å²) < 4.78 is 0. The maximum absolute atomic E-state index is 2.36. The zero-order valence-corrected chi connectivity index (χ0v) is 32.0. The Labute approximate surface area is 340 Å². The van der Waals surface area contributed by atoms with Gasteiger partial charge in [-0.3, -0.25) is 0 Å². The van der Waals surface area contributed by atoms with Gasteiger partial charge in [0.15, 0.2) is 0 Å². The molecule has 2 heteroatoms. The molecule has 0 heterocycles. The van der Waals surface area contributed by atoms with Crippen molar-refractivity contribution in [1.29, 1.82) is 0 Å². The van der Waals surface area contributed by atoms with Gasteiger partial charge in [0.2, 0.25) is 0 Å². The van der Waals surface area contributed by atoms with E-state index in [1.54, 1.807) is 0 Å². The SMILES string of the molecule is c1ccc(-c2cc3ccccc3c3ccc(N(c4ccccc4)c4ccc(-c5ccc(-c6ccc(N(c7ccccc7)c7ccccc7)cc6)cc5)cc4)cc23)cc1. The average Bonchev–Trinajstić information content (AvgIpc) is 3.31. The highest BCUT2D eigenvalue weighted by molar-refractivity contribution is 6.14. The molecule has 0 saturated carbocycles. The lowest BCUT2D eigenvalue weighted by Crippen LogP contribution is -2.09. The van der Waals surface area contributed by atoms with Crippen LogP contribution in [0.2, 0.25) is 0 Å². The van der Waals surface area contributed by atoms with Gasteiger partial charge in [-0.1, -0.05) is 164 Å². The molecule has 10 rings (SSSR count). The third-order valence-corrected chi connectivity index (χ3v) is 11.0. The lowest BCUT2D eigenvalue weighted by atomic mass is 9.92. The predicted molar refractivity (Wildman–Crippen MR) is 247 cm³/mol. The van der Waals surface area contributed by atoms with Crippen molar-refractivity contribution in [2.75, 3.05) is 9.80 Å². The van der Waals surface area contributed by atoms with Gasteiger partial charge in [0, 0.05) is 34.1 Å². The fraction of sp³-hybridized carbons (Fsp3) is 0. The maximum Gasteiger partial charge on any atom is 0.0468 e. The third-order valence-electron chi connectivity index (χ3n) is 11.0. The number of nitrogens with zero attached hydrogens (tertiary/aromatic N) is 2. The van der Waals surface area contributed by atoms with E-state index in [2.05, 4.69) is 252 Å². The quantitative estimate of drug-likeness (QED) is 0.136. The molecule has 0 amide bonds. The summed E-state index contributed by atoms with van der Waals surface area (Å²) in [6.07, 6.45) is 0. The number of para-hydroxylation sites is 3. The summed E-state index contributed by atoms with van der Waals surface area (Å²) in [6.45, 7) is 0. The summed E-state index contributed by atoms with van der Waals surface area (Å²) in [7, 11) is 0. The van der Waals surface area contributed by atoms with Crippen LogP contribution in [0.25, 0.3) is 54.9 Å². The third kappa shape index (κ3) is 6.78. The second-order valence-electron chi connectivity index (χ2n) is 14.6. The van der Waals surface area contributed by atoms with Crippen molar-refractivity contribution < 1.29 is 0 Å². The summed E-state index contributed by atoms with van der Waals surface area (Å²) in [6, 6.07) is 87.1. The fourth-order valence-electron chi connectivity index (χ4n) is 8.17. The summed E-state index contributed by atoms with van der Waals surface area (Å²) in [5.74, 6) is 0. The second kappa shape index (κ2) is 15.5. The first-order valence-corrected chi connectivity index (χ1v) is 19.8. The molecule has 0 aliphatic heterocycles. The molecule has 0 spiro atoms. The highest BCUT2D eigenvalue weighted by Gasteiger charge is 2.17. The fourth-order valence-corrected chi connectivity index (χ4v) is 8.17. The first kappa shape index (κ1) is 34.8. The molecular formula is C56H40N2. The van der Waals surface area contributed by atoms with Crippen LogP contribution in [-0.2, 0) is 0 Å².